The number of carbonyl (C=O) groups excluding carboxylic acids is 1. The Labute approximate surface area is 76.4 Å². The highest BCUT2D eigenvalue weighted by Gasteiger charge is 2.16. The second kappa shape index (κ2) is 2.90. The number of carbonyl (C=O) groups is 1. The molecule has 1 rings (SSSR count). The fourth-order valence-electron chi connectivity index (χ4n) is 0.859. The lowest BCUT2D eigenvalue weighted by atomic mass is 9.89. The average Bonchev–Trinajstić information content (AvgIpc) is 2.30. The number of hydrogen-bond acceptors (Lipinski definition) is 2. The highest BCUT2D eigenvalue weighted by molar-refractivity contribution is 7.12. The van der Waals surface area contributed by atoms with Crippen LogP contribution in [0.3, 0.4) is 0 Å². The van der Waals surface area contributed by atoms with Crippen LogP contribution >= 0.6 is 11.3 Å². The smallest absolute Gasteiger partial charge is 0.258 e. The Morgan fingerprint density at radius 2 is 2.08 bits per heavy atom. The molecule has 0 atom stereocenters. The molecule has 3 heteroatoms. The SMILES string of the molecule is CC(C)(C)c1csc(C(N)=O)c1. The molecule has 0 aliphatic rings. The molecule has 1 aromatic rings. The van der Waals surface area contributed by atoms with Gasteiger partial charge in [0.1, 0.15) is 0 Å². The molecule has 0 aromatic carbocycles. The van der Waals surface area contributed by atoms with Crippen LogP contribution in [0.25, 0.3) is 0 Å². The van der Waals surface area contributed by atoms with E-state index in [1.165, 1.54) is 16.9 Å². The van der Waals surface area contributed by atoms with Crippen LogP contribution in [-0.2, 0) is 5.41 Å². The summed E-state index contributed by atoms with van der Waals surface area (Å²) >= 11 is 1.41. The normalized spacial score (nSPS) is 11.6. The van der Waals surface area contributed by atoms with Crippen molar-refractivity contribution in [3.05, 3.63) is 21.9 Å². The molecule has 0 bridgehead atoms. The van der Waals surface area contributed by atoms with Crippen LogP contribution in [0, 0.1) is 0 Å². The van der Waals surface area contributed by atoms with E-state index in [9.17, 15) is 4.79 Å². The van der Waals surface area contributed by atoms with E-state index in [0.29, 0.717) is 4.88 Å². The third kappa shape index (κ3) is 1.85. The third-order valence-electron chi connectivity index (χ3n) is 1.71. The van der Waals surface area contributed by atoms with Crippen molar-refractivity contribution in [3.8, 4) is 0 Å². The van der Waals surface area contributed by atoms with Crippen LogP contribution in [-0.4, -0.2) is 5.91 Å². The largest absolute Gasteiger partial charge is 0.365 e. The van der Waals surface area contributed by atoms with Crippen molar-refractivity contribution in [2.24, 2.45) is 5.73 Å². The highest BCUT2D eigenvalue weighted by Crippen LogP contribution is 2.26. The maximum Gasteiger partial charge on any atom is 0.258 e. The lowest BCUT2D eigenvalue weighted by Gasteiger charge is -2.15. The number of hydrogen-bond donors (Lipinski definition) is 1. The van der Waals surface area contributed by atoms with E-state index in [0.717, 1.165) is 0 Å². The van der Waals surface area contributed by atoms with Crippen LogP contribution in [0.1, 0.15) is 36.0 Å². The van der Waals surface area contributed by atoms with Gasteiger partial charge in [0.2, 0.25) is 0 Å². The van der Waals surface area contributed by atoms with Crippen molar-refractivity contribution in [3.63, 3.8) is 0 Å². The third-order valence-corrected chi connectivity index (χ3v) is 2.65. The molecule has 1 aromatic heterocycles. The summed E-state index contributed by atoms with van der Waals surface area (Å²) in [7, 11) is 0. The summed E-state index contributed by atoms with van der Waals surface area (Å²) in [6.07, 6.45) is 0. The Morgan fingerprint density at radius 1 is 1.50 bits per heavy atom. The van der Waals surface area contributed by atoms with Gasteiger partial charge in [-0.15, -0.1) is 11.3 Å². The molecule has 0 aliphatic carbocycles. The zero-order valence-corrected chi connectivity index (χ0v) is 8.37. The Bertz CT molecular complexity index is 296. The van der Waals surface area contributed by atoms with Crippen molar-refractivity contribution in [2.75, 3.05) is 0 Å². The van der Waals surface area contributed by atoms with E-state index in [1.54, 1.807) is 0 Å². The number of thiophene rings is 1. The van der Waals surface area contributed by atoms with Crippen molar-refractivity contribution >= 4 is 17.2 Å². The first-order valence-corrected chi connectivity index (χ1v) is 4.68. The Kier molecular flexibility index (Phi) is 2.24. The van der Waals surface area contributed by atoms with E-state index in [2.05, 4.69) is 20.8 Å². The van der Waals surface area contributed by atoms with Gasteiger partial charge in [-0.2, -0.15) is 0 Å². The first-order valence-electron chi connectivity index (χ1n) is 3.80. The fraction of sp³-hybridized carbons (Fsp3) is 0.444. The minimum atomic E-state index is -0.337. The second-order valence-corrected chi connectivity index (χ2v) is 4.73. The van der Waals surface area contributed by atoms with Gasteiger partial charge in [-0.25, -0.2) is 0 Å². The predicted octanol–water partition coefficient (Wildman–Crippen LogP) is 2.14. The molecule has 12 heavy (non-hydrogen) atoms. The van der Waals surface area contributed by atoms with E-state index >= 15 is 0 Å². The molecule has 1 heterocycles. The number of rotatable bonds is 1. The lowest BCUT2D eigenvalue weighted by Crippen LogP contribution is -2.11. The first-order chi connectivity index (χ1) is 5.41. The summed E-state index contributed by atoms with van der Waals surface area (Å²) in [4.78, 5) is 11.4. The average molecular weight is 183 g/mol. The minimum absolute atomic E-state index is 0.101. The molecule has 1 amide bonds. The molecule has 2 nitrogen and oxygen atoms in total. The lowest BCUT2D eigenvalue weighted by molar-refractivity contribution is 0.100. The summed E-state index contributed by atoms with van der Waals surface area (Å²) in [5.41, 5.74) is 6.41. The summed E-state index contributed by atoms with van der Waals surface area (Å²) in [5, 5.41) is 1.99. The highest BCUT2D eigenvalue weighted by atomic mass is 32.1. The van der Waals surface area contributed by atoms with E-state index < -0.39 is 0 Å². The zero-order valence-electron chi connectivity index (χ0n) is 7.55. The molecular weight excluding hydrogens is 170 g/mol. The maximum atomic E-state index is 10.8. The van der Waals surface area contributed by atoms with Crippen LogP contribution in [0.15, 0.2) is 11.4 Å². The van der Waals surface area contributed by atoms with Gasteiger partial charge in [-0.05, 0) is 22.4 Å². The van der Waals surface area contributed by atoms with Gasteiger partial charge in [0, 0.05) is 0 Å². The van der Waals surface area contributed by atoms with Gasteiger partial charge in [0.25, 0.3) is 5.91 Å². The van der Waals surface area contributed by atoms with Crippen molar-refractivity contribution in [1.82, 2.24) is 0 Å². The molecule has 66 valence electrons. The van der Waals surface area contributed by atoms with Crippen molar-refractivity contribution in [1.29, 1.82) is 0 Å². The zero-order chi connectivity index (χ0) is 9.35. The van der Waals surface area contributed by atoms with Crippen LogP contribution in [0.2, 0.25) is 0 Å². The van der Waals surface area contributed by atoms with Crippen LogP contribution < -0.4 is 5.73 Å². The second-order valence-electron chi connectivity index (χ2n) is 3.81. The Hall–Kier alpha value is -0.830. The molecule has 0 unspecified atom stereocenters. The van der Waals surface area contributed by atoms with E-state index in [4.69, 9.17) is 5.73 Å². The Morgan fingerprint density at radius 3 is 2.33 bits per heavy atom. The van der Waals surface area contributed by atoms with E-state index in [1.807, 2.05) is 11.4 Å². The van der Waals surface area contributed by atoms with Crippen molar-refractivity contribution in [2.45, 2.75) is 26.2 Å². The summed E-state index contributed by atoms with van der Waals surface area (Å²) < 4.78 is 0. The van der Waals surface area contributed by atoms with Gasteiger partial charge >= 0.3 is 0 Å². The summed E-state index contributed by atoms with van der Waals surface area (Å²) in [6.45, 7) is 6.33. The maximum absolute atomic E-state index is 10.8. The summed E-state index contributed by atoms with van der Waals surface area (Å²) in [6, 6.07) is 1.87. The Balaban J connectivity index is 3.00. The number of primary amides is 1. The molecule has 0 saturated carbocycles. The molecule has 0 saturated heterocycles. The first kappa shape index (κ1) is 9.26. The van der Waals surface area contributed by atoms with Gasteiger partial charge in [-0.3, -0.25) is 4.79 Å². The van der Waals surface area contributed by atoms with Crippen LogP contribution in [0.5, 0.6) is 0 Å². The predicted molar refractivity (Wildman–Crippen MR) is 51.5 cm³/mol. The molecular formula is C9H13NOS. The van der Waals surface area contributed by atoms with Gasteiger partial charge < -0.3 is 5.73 Å². The number of amides is 1. The monoisotopic (exact) mass is 183 g/mol. The molecule has 0 radical (unpaired) electrons. The molecule has 0 spiro atoms. The molecule has 0 fully saturated rings. The fourth-order valence-corrected chi connectivity index (χ4v) is 1.85. The summed E-state index contributed by atoms with van der Waals surface area (Å²) in [5.74, 6) is -0.337. The van der Waals surface area contributed by atoms with Gasteiger partial charge in [-0.1, -0.05) is 20.8 Å². The standard InChI is InChI=1S/C9H13NOS/c1-9(2,3)6-4-7(8(10)11)12-5-6/h4-5H,1-3H3,(H2,10,11). The van der Waals surface area contributed by atoms with Gasteiger partial charge in [0.05, 0.1) is 4.88 Å². The molecule has 2 N–H and O–H groups in total. The molecule has 0 aliphatic heterocycles. The minimum Gasteiger partial charge on any atom is -0.365 e. The topological polar surface area (TPSA) is 43.1 Å². The number of nitrogens with two attached hydrogens (primary N) is 1. The van der Waals surface area contributed by atoms with Gasteiger partial charge in [0.15, 0.2) is 0 Å². The van der Waals surface area contributed by atoms with Crippen molar-refractivity contribution < 1.29 is 4.79 Å². The van der Waals surface area contributed by atoms with E-state index in [-0.39, 0.29) is 11.3 Å². The van der Waals surface area contributed by atoms with Crippen LogP contribution in [0.4, 0.5) is 0 Å². The quantitative estimate of drug-likeness (QED) is 0.712.